The molecule has 29 heavy (non-hydrogen) atoms. The number of nitrogens with one attached hydrogen (secondary N) is 1. The van der Waals surface area contributed by atoms with Crippen molar-refractivity contribution in [1.29, 1.82) is 0 Å². The van der Waals surface area contributed by atoms with E-state index in [1.165, 1.54) is 16.7 Å². The zero-order valence-electron chi connectivity index (χ0n) is 16.1. The fraction of sp³-hybridized carbons (Fsp3) is 0.500. The van der Waals surface area contributed by atoms with Crippen LogP contribution < -0.4 is 15.6 Å². The first kappa shape index (κ1) is 19.8. The second-order valence-electron chi connectivity index (χ2n) is 8.04. The molecule has 0 bridgehead atoms. The van der Waals surface area contributed by atoms with Gasteiger partial charge in [-0.3, -0.25) is 4.79 Å². The molecule has 0 unspecified atom stereocenters. The molecular formula is C20H22F3N3O3. The van der Waals surface area contributed by atoms with Crippen LogP contribution >= 0.6 is 0 Å². The highest BCUT2D eigenvalue weighted by molar-refractivity contribution is 5.95. The normalized spacial score (nSPS) is 22.9. The average Bonchev–Trinajstić information content (AvgIpc) is 3.44. The van der Waals surface area contributed by atoms with Crippen molar-refractivity contribution < 1.29 is 23.1 Å². The zero-order chi connectivity index (χ0) is 21.1. The minimum Gasteiger partial charge on any atom is -0.477 e. The number of piperazine rings is 1. The first-order valence-corrected chi connectivity index (χ1v) is 9.61. The van der Waals surface area contributed by atoms with Crippen molar-refractivity contribution in [3.05, 3.63) is 39.7 Å². The van der Waals surface area contributed by atoms with Gasteiger partial charge in [0.15, 0.2) is 0 Å². The third kappa shape index (κ3) is 3.48. The maximum absolute atomic E-state index is 14.3. The number of benzene rings is 1. The molecule has 2 N–H and O–H groups in total. The number of pyridine rings is 1. The Hall–Kier alpha value is -2.55. The lowest BCUT2D eigenvalue weighted by Gasteiger charge is -2.39. The van der Waals surface area contributed by atoms with Crippen LogP contribution in [0.3, 0.4) is 0 Å². The molecule has 2 aliphatic rings. The number of anilines is 1. The van der Waals surface area contributed by atoms with E-state index in [1.807, 2.05) is 13.8 Å². The number of fused-ring (bicyclic) bond motifs is 1. The van der Waals surface area contributed by atoms with Crippen LogP contribution in [0.1, 0.15) is 48.7 Å². The highest BCUT2D eigenvalue weighted by Crippen LogP contribution is 2.45. The number of hydrogen-bond donors (Lipinski definition) is 2. The topological polar surface area (TPSA) is 74.6 Å². The molecule has 2 aromatic rings. The molecule has 2 atom stereocenters. The van der Waals surface area contributed by atoms with Crippen LogP contribution in [0.2, 0.25) is 0 Å². The van der Waals surface area contributed by atoms with Crippen LogP contribution in [0.5, 0.6) is 0 Å². The molecule has 4 rings (SSSR count). The van der Waals surface area contributed by atoms with Crippen LogP contribution in [0.15, 0.2) is 23.1 Å². The number of carboxylic acids is 1. The van der Waals surface area contributed by atoms with Gasteiger partial charge in [0.2, 0.25) is 5.43 Å². The number of carboxylic acid groups (broad SMARTS) is 1. The third-order valence-electron chi connectivity index (χ3n) is 5.52. The Morgan fingerprint density at radius 3 is 2.31 bits per heavy atom. The molecule has 9 heteroatoms. The summed E-state index contributed by atoms with van der Waals surface area (Å²) in [6, 6.07) is 2.44. The fourth-order valence-corrected chi connectivity index (χ4v) is 4.30. The molecule has 1 aliphatic carbocycles. The van der Waals surface area contributed by atoms with Crippen LogP contribution in [0.25, 0.3) is 10.9 Å². The highest BCUT2D eigenvalue weighted by atomic mass is 19.4. The number of alkyl halides is 3. The summed E-state index contributed by atoms with van der Waals surface area (Å²) in [5, 5.41) is 12.4. The number of rotatable bonds is 3. The number of aromatic carboxylic acids is 1. The first-order chi connectivity index (χ1) is 13.6. The quantitative estimate of drug-likeness (QED) is 0.814. The van der Waals surface area contributed by atoms with E-state index in [0.29, 0.717) is 25.9 Å². The number of halogens is 3. The minimum atomic E-state index is -4.69. The number of hydrogen-bond acceptors (Lipinski definition) is 4. The highest BCUT2D eigenvalue weighted by Gasteiger charge is 2.41. The smallest absolute Gasteiger partial charge is 0.420 e. The maximum Gasteiger partial charge on any atom is 0.420 e. The summed E-state index contributed by atoms with van der Waals surface area (Å²) >= 11 is 0. The van der Waals surface area contributed by atoms with Crippen molar-refractivity contribution in [3.8, 4) is 0 Å². The molecule has 1 aromatic carbocycles. The maximum atomic E-state index is 14.3. The summed E-state index contributed by atoms with van der Waals surface area (Å²) in [6.45, 7) is 4.63. The lowest BCUT2D eigenvalue weighted by molar-refractivity contribution is -0.136. The zero-order valence-corrected chi connectivity index (χ0v) is 16.1. The van der Waals surface area contributed by atoms with Gasteiger partial charge >= 0.3 is 12.1 Å². The number of carbonyl (C=O) groups is 1. The molecule has 2 heterocycles. The summed E-state index contributed by atoms with van der Waals surface area (Å²) in [5.41, 5.74) is -2.44. The average molecular weight is 409 g/mol. The van der Waals surface area contributed by atoms with Crippen LogP contribution in [0.4, 0.5) is 18.9 Å². The van der Waals surface area contributed by atoms with Gasteiger partial charge in [0.1, 0.15) is 11.1 Å². The van der Waals surface area contributed by atoms with E-state index in [-0.39, 0.29) is 34.7 Å². The summed E-state index contributed by atoms with van der Waals surface area (Å²) in [4.78, 5) is 25.8. The van der Waals surface area contributed by atoms with Crippen LogP contribution in [0, 0.1) is 0 Å². The molecule has 156 valence electrons. The van der Waals surface area contributed by atoms with Gasteiger partial charge in [-0.1, -0.05) is 0 Å². The Bertz CT molecular complexity index is 1030. The van der Waals surface area contributed by atoms with Crippen molar-refractivity contribution in [2.75, 3.05) is 18.0 Å². The Morgan fingerprint density at radius 1 is 1.17 bits per heavy atom. The largest absolute Gasteiger partial charge is 0.477 e. The van der Waals surface area contributed by atoms with Gasteiger partial charge in [-0.25, -0.2) is 4.79 Å². The van der Waals surface area contributed by atoms with Gasteiger partial charge in [-0.2, -0.15) is 13.2 Å². The SMILES string of the molecule is C[C@@H]1CN(c2ccc3c(=O)c(C(=O)O)cn(C4CC4)c3c2C(F)(F)F)C[C@H](C)N1. The van der Waals surface area contributed by atoms with E-state index >= 15 is 0 Å². The first-order valence-electron chi connectivity index (χ1n) is 9.61. The summed E-state index contributed by atoms with van der Waals surface area (Å²) in [6.07, 6.45) is -2.31. The van der Waals surface area contributed by atoms with E-state index in [4.69, 9.17) is 0 Å². The molecule has 0 spiro atoms. The molecule has 0 amide bonds. The second-order valence-corrected chi connectivity index (χ2v) is 8.04. The lowest BCUT2D eigenvalue weighted by atomic mass is 10.0. The van der Waals surface area contributed by atoms with Crippen LogP contribution in [-0.4, -0.2) is 40.8 Å². The standard InChI is InChI=1S/C20H22F3N3O3/c1-10-7-25(8-11(2)24-10)15-6-5-13-17(16(15)20(21,22)23)26(12-3-4-12)9-14(18(13)27)19(28)29/h5-6,9-12,24H,3-4,7-8H2,1-2H3,(H,28,29)/t10-,11+. The molecule has 1 aromatic heterocycles. The van der Waals surface area contributed by atoms with Gasteiger partial charge in [-0.05, 0) is 38.8 Å². The Balaban J connectivity index is 2.04. The number of nitrogens with zero attached hydrogens (tertiary/aromatic N) is 2. The van der Waals surface area contributed by atoms with Crippen LogP contribution in [-0.2, 0) is 6.18 Å². The van der Waals surface area contributed by atoms with E-state index in [2.05, 4.69) is 5.32 Å². The molecule has 1 saturated carbocycles. The second kappa shape index (κ2) is 6.76. The summed E-state index contributed by atoms with van der Waals surface area (Å²) < 4.78 is 44.3. The monoisotopic (exact) mass is 409 g/mol. The van der Waals surface area contributed by atoms with E-state index in [1.54, 1.807) is 4.90 Å². The molecule has 1 saturated heterocycles. The molecular weight excluding hydrogens is 387 g/mol. The Labute approximate surface area is 164 Å². The summed E-state index contributed by atoms with van der Waals surface area (Å²) in [5.74, 6) is -1.44. The molecule has 0 radical (unpaired) electrons. The van der Waals surface area contributed by atoms with E-state index in [9.17, 15) is 27.9 Å². The van der Waals surface area contributed by atoms with Gasteiger partial charge in [0.25, 0.3) is 0 Å². The van der Waals surface area contributed by atoms with Gasteiger partial charge in [-0.15, -0.1) is 0 Å². The fourth-order valence-electron chi connectivity index (χ4n) is 4.30. The van der Waals surface area contributed by atoms with Crippen molar-refractivity contribution in [2.24, 2.45) is 0 Å². The van der Waals surface area contributed by atoms with Crippen molar-refractivity contribution in [1.82, 2.24) is 9.88 Å². The van der Waals surface area contributed by atoms with E-state index in [0.717, 1.165) is 6.20 Å². The lowest BCUT2D eigenvalue weighted by Crippen LogP contribution is -2.54. The van der Waals surface area contributed by atoms with Gasteiger partial charge in [0.05, 0.1) is 11.2 Å². The molecule has 1 aliphatic heterocycles. The van der Waals surface area contributed by atoms with Crippen molar-refractivity contribution >= 4 is 22.6 Å². The third-order valence-corrected chi connectivity index (χ3v) is 5.52. The van der Waals surface area contributed by atoms with Gasteiger partial charge < -0.3 is 19.9 Å². The predicted octanol–water partition coefficient (Wildman–Crippen LogP) is 3.24. The minimum absolute atomic E-state index is 0.00976. The van der Waals surface area contributed by atoms with Gasteiger partial charge in [0, 0.05) is 42.8 Å². The van der Waals surface area contributed by atoms with Crippen molar-refractivity contribution in [3.63, 3.8) is 0 Å². The van der Waals surface area contributed by atoms with Crippen molar-refractivity contribution in [2.45, 2.75) is 51.0 Å². The number of aromatic nitrogens is 1. The molecule has 2 fully saturated rings. The Morgan fingerprint density at radius 2 is 1.79 bits per heavy atom. The summed E-state index contributed by atoms with van der Waals surface area (Å²) in [7, 11) is 0. The van der Waals surface area contributed by atoms with E-state index < -0.39 is 28.7 Å². The molecule has 6 nitrogen and oxygen atoms in total. The predicted molar refractivity (Wildman–Crippen MR) is 103 cm³/mol. The Kier molecular flexibility index (Phi) is 4.60.